The Morgan fingerprint density at radius 2 is 2.03 bits per heavy atom. The number of hydrogen-bond donors (Lipinski definition) is 1. The van der Waals surface area contributed by atoms with E-state index >= 15 is 0 Å². The second-order valence-electron chi connectivity index (χ2n) is 8.51. The molecular formula is C21H31N7O. The molecule has 1 atom stereocenters. The summed E-state index contributed by atoms with van der Waals surface area (Å²) < 4.78 is 2.12. The van der Waals surface area contributed by atoms with E-state index in [9.17, 15) is 4.79 Å². The van der Waals surface area contributed by atoms with Crippen LogP contribution >= 0.6 is 0 Å². The molecule has 156 valence electrons. The maximum Gasteiger partial charge on any atom is 0.291 e. The minimum absolute atomic E-state index is 0.160. The normalized spacial score (nSPS) is 19.4. The molecule has 8 nitrogen and oxygen atoms in total. The largest absolute Gasteiger partial charge is 0.355 e. The van der Waals surface area contributed by atoms with E-state index in [-0.39, 0.29) is 11.7 Å². The zero-order valence-electron chi connectivity index (χ0n) is 17.9. The minimum atomic E-state index is -0.160. The van der Waals surface area contributed by atoms with Gasteiger partial charge in [-0.2, -0.15) is 5.10 Å². The van der Waals surface area contributed by atoms with Gasteiger partial charge in [-0.1, -0.05) is 0 Å². The van der Waals surface area contributed by atoms with E-state index in [1.807, 2.05) is 20.0 Å². The number of carbonyl (C=O) groups excluding carboxylic acids is 1. The third-order valence-electron chi connectivity index (χ3n) is 6.15. The van der Waals surface area contributed by atoms with Crippen LogP contribution in [0.1, 0.15) is 59.2 Å². The number of nitrogens with one attached hydrogen (secondary N) is 1. The van der Waals surface area contributed by atoms with Crippen LogP contribution in [-0.2, 0) is 6.54 Å². The van der Waals surface area contributed by atoms with Crippen molar-refractivity contribution in [2.24, 2.45) is 0 Å². The van der Waals surface area contributed by atoms with E-state index in [4.69, 9.17) is 0 Å². The first-order valence-corrected chi connectivity index (χ1v) is 10.5. The number of aryl methyl sites for hydroxylation is 1. The number of carbonyl (C=O) groups is 1. The maximum atomic E-state index is 12.3. The quantitative estimate of drug-likeness (QED) is 0.804. The molecule has 1 N–H and O–H groups in total. The van der Waals surface area contributed by atoms with Crippen molar-refractivity contribution < 1.29 is 4.79 Å². The molecule has 2 aromatic rings. The lowest BCUT2D eigenvalue weighted by atomic mass is 9.93. The van der Waals surface area contributed by atoms with E-state index in [0.29, 0.717) is 12.1 Å². The number of anilines is 1. The summed E-state index contributed by atoms with van der Waals surface area (Å²) in [5, 5.41) is 8.18. The Morgan fingerprint density at radius 1 is 1.24 bits per heavy atom. The van der Waals surface area contributed by atoms with Gasteiger partial charge in [-0.05, 0) is 39.5 Å². The van der Waals surface area contributed by atoms with Crippen LogP contribution in [0.2, 0.25) is 0 Å². The average molecular weight is 398 g/mol. The summed E-state index contributed by atoms with van der Waals surface area (Å²) in [6.45, 7) is 6.61. The third-order valence-corrected chi connectivity index (χ3v) is 6.15. The predicted octanol–water partition coefficient (Wildman–Crippen LogP) is 2.09. The number of nitrogens with zero attached hydrogens (tertiary/aromatic N) is 6. The Bertz CT molecular complexity index is 887. The van der Waals surface area contributed by atoms with Crippen LogP contribution in [0.3, 0.4) is 0 Å². The molecule has 2 fully saturated rings. The van der Waals surface area contributed by atoms with Crippen LogP contribution in [0.5, 0.6) is 0 Å². The van der Waals surface area contributed by atoms with Crippen LogP contribution < -0.4 is 10.2 Å². The second-order valence-corrected chi connectivity index (χ2v) is 8.51. The lowest BCUT2D eigenvalue weighted by Gasteiger charge is -2.25. The highest BCUT2D eigenvalue weighted by Gasteiger charge is 2.27. The number of rotatable bonds is 6. The van der Waals surface area contributed by atoms with Crippen LogP contribution in [-0.4, -0.2) is 63.8 Å². The van der Waals surface area contributed by atoms with Crippen molar-refractivity contribution in [1.82, 2.24) is 30.0 Å². The number of amides is 1. The molecule has 0 unspecified atom stereocenters. The van der Waals surface area contributed by atoms with E-state index in [0.717, 1.165) is 43.1 Å². The summed E-state index contributed by atoms with van der Waals surface area (Å²) in [5.74, 6) is 0.990. The predicted molar refractivity (Wildman–Crippen MR) is 112 cm³/mol. The smallest absolute Gasteiger partial charge is 0.291 e. The molecule has 8 heteroatoms. The first kappa shape index (κ1) is 19.8. The van der Waals surface area contributed by atoms with Gasteiger partial charge in [0.1, 0.15) is 5.82 Å². The molecule has 0 bridgehead atoms. The first-order valence-electron chi connectivity index (χ1n) is 10.5. The van der Waals surface area contributed by atoms with Gasteiger partial charge in [-0.15, -0.1) is 0 Å². The Balaban J connectivity index is 1.39. The molecule has 2 aliphatic rings. The zero-order valence-corrected chi connectivity index (χ0v) is 17.9. The van der Waals surface area contributed by atoms with E-state index in [2.05, 4.69) is 36.2 Å². The highest BCUT2D eigenvalue weighted by Crippen LogP contribution is 2.30. The topological polar surface area (TPSA) is 79.2 Å². The highest BCUT2D eigenvalue weighted by molar-refractivity contribution is 5.90. The van der Waals surface area contributed by atoms with E-state index < -0.39 is 0 Å². The fourth-order valence-electron chi connectivity index (χ4n) is 3.92. The van der Waals surface area contributed by atoms with Gasteiger partial charge in [0.15, 0.2) is 0 Å². The summed E-state index contributed by atoms with van der Waals surface area (Å²) in [7, 11) is 3.45. The van der Waals surface area contributed by atoms with Crippen molar-refractivity contribution in [3.8, 4) is 0 Å². The Kier molecular flexibility index (Phi) is 5.54. The lowest BCUT2D eigenvalue weighted by molar-refractivity contribution is 0.0815. The summed E-state index contributed by atoms with van der Waals surface area (Å²) in [4.78, 5) is 25.1. The molecule has 1 amide bonds. The average Bonchev–Trinajstić information content (AvgIpc) is 3.29. The first-order chi connectivity index (χ1) is 13.9. The second kappa shape index (κ2) is 8.10. The van der Waals surface area contributed by atoms with Gasteiger partial charge in [0.25, 0.3) is 5.91 Å². The Hall–Kier alpha value is -2.48. The van der Waals surface area contributed by atoms with Gasteiger partial charge in [-0.3, -0.25) is 9.48 Å². The van der Waals surface area contributed by atoms with Crippen LogP contribution in [0, 0.1) is 13.8 Å². The molecule has 3 heterocycles. The minimum Gasteiger partial charge on any atom is -0.355 e. The molecule has 0 aromatic carbocycles. The molecule has 1 aliphatic heterocycles. The van der Waals surface area contributed by atoms with Gasteiger partial charge >= 0.3 is 0 Å². The monoisotopic (exact) mass is 397 g/mol. The molecule has 29 heavy (non-hydrogen) atoms. The molecule has 2 aromatic heterocycles. The Morgan fingerprint density at radius 3 is 2.72 bits per heavy atom. The van der Waals surface area contributed by atoms with Gasteiger partial charge in [-0.25, -0.2) is 9.97 Å². The molecule has 0 radical (unpaired) electrons. The third kappa shape index (κ3) is 4.12. The molecule has 1 aliphatic carbocycles. The van der Waals surface area contributed by atoms with Crippen LogP contribution in [0.15, 0.2) is 12.4 Å². The lowest BCUT2D eigenvalue weighted by Crippen LogP contribution is -2.33. The summed E-state index contributed by atoms with van der Waals surface area (Å²) >= 11 is 0. The van der Waals surface area contributed by atoms with Crippen molar-refractivity contribution in [1.29, 1.82) is 0 Å². The number of hydrogen-bond acceptors (Lipinski definition) is 6. The van der Waals surface area contributed by atoms with E-state index in [1.54, 1.807) is 14.1 Å². The fraction of sp³-hybridized carbons (Fsp3) is 0.619. The van der Waals surface area contributed by atoms with Gasteiger partial charge in [0.2, 0.25) is 5.82 Å². The number of aromatic nitrogens is 4. The zero-order chi connectivity index (χ0) is 20.5. The van der Waals surface area contributed by atoms with Crippen molar-refractivity contribution in [3.63, 3.8) is 0 Å². The van der Waals surface area contributed by atoms with Crippen LogP contribution in [0.4, 0.5) is 5.82 Å². The molecule has 4 rings (SSSR count). The van der Waals surface area contributed by atoms with Gasteiger partial charge < -0.3 is 15.1 Å². The van der Waals surface area contributed by atoms with Gasteiger partial charge in [0, 0.05) is 62.8 Å². The maximum absolute atomic E-state index is 12.3. The standard InChI is InChI=1S/C21H31N7O/c1-14-15(2)24-19(21(29)26(3)4)25-20(14)27-9-8-17(13-27)22-10-16-11-23-28(12-16)18-6-5-7-18/h11-12,17-18,22H,5-10,13H2,1-4H3/t17-/m1/s1. The summed E-state index contributed by atoms with van der Waals surface area (Å²) in [6, 6.07) is 0.999. The molecule has 0 spiro atoms. The van der Waals surface area contributed by atoms with Crippen molar-refractivity contribution in [2.45, 2.75) is 58.2 Å². The molecular weight excluding hydrogens is 366 g/mol. The SMILES string of the molecule is Cc1nc(C(=O)N(C)C)nc(N2CC[C@@H](NCc3cnn(C4CCC4)c3)C2)c1C. The van der Waals surface area contributed by atoms with Crippen molar-refractivity contribution in [2.75, 3.05) is 32.1 Å². The summed E-state index contributed by atoms with van der Waals surface area (Å²) in [6.07, 6.45) is 9.04. The van der Waals surface area contributed by atoms with Crippen molar-refractivity contribution in [3.05, 3.63) is 35.0 Å². The van der Waals surface area contributed by atoms with Gasteiger partial charge in [0.05, 0.1) is 12.2 Å². The fourth-order valence-corrected chi connectivity index (χ4v) is 3.92. The summed E-state index contributed by atoms with van der Waals surface area (Å²) in [5.41, 5.74) is 3.14. The van der Waals surface area contributed by atoms with Crippen LogP contribution in [0.25, 0.3) is 0 Å². The highest BCUT2D eigenvalue weighted by atomic mass is 16.2. The van der Waals surface area contributed by atoms with Crippen molar-refractivity contribution >= 4 is 11.7 Å². The van der Waals surface area contributed by atoms with E-state index in [1.165, 1.54) is 29.7 Å². The molecule has 1 saturated heterocycles. The Labute approximate surface area is 172 Å². The molecule has 1 saturated carbocycles.